The number of benzene rings is 2. The van der Waals surface area contributed by atoms with Crippen LogP contribution in [0.5, 0.6) is 0 Å². The number of alkyl halides is 3. The molecule has 24 heavy (non-hydrogen) atoms. The number of halogens is 4. The third-order valence-electron chi connectivity index (χ3n) is 3.31. The van der Waals surface area contributed by atoms with Crippen molar-refractivity contribution in [2.24, 2.45) is 11.5 Å². The second-order valence-corrected chi connectivity index (χ2v) is 4.98. The second-order valence-electron chi connectivity index (χ2n) is 4.98. The van der Waals surface area contributed by atoms with Crippen LogP contribution in [-0.2, 0) is 12.6 Å². The van der Waals surface area contributed by atoms with Gasteiger partial charge in [-0.15, -0.1) is 12.4 Å². The quantitative estimate of drug-likeness (QED) is 0.880. The third-order valence-corrected chi connectivity index (χ3v) is 3.31. The van der Waals surface area contributed by atoms with Crippen LogP contribution in [0, 0.1) is 0 Å². The summed E-state index contributed by atoms with van der Waals surface area (Å²) >= 11 is 0. The van der Waals surface area contributed by atoms with Gasteiger partial charge in [0.1, 0.15) is 0 Å². The first-order chi connectivity index (χ1) is 10.7. The van der Waals surface area contributed by atoms with Gasteiger partial charge in [0.15, 0.2) is 0 Å². The highest BCUT2D eigenvalue weighted by Crippen LogP contribution is 2.30. The van der Waals surface area contributed by atoms with E-state index in [4.69, 9.17) is 11.5 Å². The number of carbonyl (C=O) groups is 2. The molecule has 0 fully saturated rings. The van der Waals surface area contributed by atoms with Crippen LogP contribution in [0.4, 0.5) is 13.2 Å². The number of primary amides is 2. The van der Waals surface area contributed by atoms with Gasteiger partial charge in [0.05, 0.1) is 5.56 Å². The predicted octanol–water partition coefficient (Wildman–Crippen LogP) is 2.92. The van der Waals surface area contributed by atoms with E-state index in [0.29, 0.717) is 11.1 Å². The highest BCUT2D eigenvalue weighted by atomic mass is 35.5. The maximum absolute atomic E-state index is 12.7. The van der Waals surface area contributed by atoms with Crippen molar-refractivity contribution < 1.29 is 22.8 Å². The molecule has 4 nitrogen and oxygen atoms in total. The average molecular weight is 359 g/mol. The van der Waals surface area contributed by atoms with Gasteiger partial charge in [0.2, 0.25) is 11.8 Å². The number of amides is 2. The molecule has 2 aromatic carbocycles. The third kappa shape index (κ3) is 4.48. The molecule has 2 rings (SSSR count). The van der Waals surface area contributed by atoms with Crippen molar-refractivity contribution >= 4 is 24.2 Å². The molecule has 0 atom stereocenters. The predicted molar refractivity (Wildman–Crippen MR) is 85.0 cm³/mol. The number of nitrogens with two attached hydrogens (primary N) is 2. The summed E-state index contributed by atoms with van der Waals surface area (Å²) in [6.45, 7) is 0. The van der Waals surface area contributed by atoms with Gasteiger partial charge < -0.3 is 11.5 Å². The lowest BCUT2D eigenvalue weighted by Gasteiger charge is -2.11. The van der Waals surface area contributed by atoms with Crippen LogP contribution in [0.3, 0.4) is 0 Å². The summed E-state index contributed by atoms with van der Waals surface area (Å²) in [6, 6.07) is 8.88. The minimum atomic E-state index is -4.45. The Kier molecular flexibility index (Phi) is 5.98. The maximum atomic E-state index is 12.7. The molecule has 0 heterocycles. The molecule has 0 aliphatic rings. The number of hydrogen-bond acceptors (Lipinski definition) is 2. The topological polar surface area (TPSA) is 86.2 Å². The Bertz CT molecular complexity index is 776. The van der Waals surface area contributed by atoms with Crippen LogP contribution < -0.4 is 11.5 Å². The fraction of sp³-hybridized carbons (Fsp3) is 0.125. The zero-order valence-corrected chi connectivity index (χ0v) is 13.1. The normalized spacial score (nSPS) is 10.8. The van der Waals surface area contributed by atoms with Crippen molar-refractivity contribution in [1.29, 1.82) is 0 Å². The van der Waals surface area contributed by atoms with Gasteiger partial charge in [-0.1, -0.05) is 24.3 Å². The van der Waals surface area contributed by atoms with Crippen molar-refractivity contribution in [3.05, 3.63) is 70.3 Å². The Labute approximate surface area is 142 Å². The minimum absolute atomic E-state index is 0. The van der Waals surface area contributed by atoms with E-state index < -0.39 is 23.6 Å². The van der Waals surface area contributed by atoms with Gasteiger partial charge in [-0.3, -0.25) is 9.59 Å². The molecule has 0 saturated heterocycles. The average Bonchev–Trinajstić information content (AvgIpc) is 2.46. The summed E-state index contributed by atoms with van der Waals surface area (Å²) < 4.78 is 38.2. The van der Waals surface area contributed by atoms with Crippen LogP contribution in [0.2, 0.25) is 0 Å². The van der Waals surface area contributed by atoms with Crippen LogP contribution in [0.1, 0.15) is 37.4 Å². The van der Waals surface area contributed by atoms with Crippen molar-refractivity contribution in [2.45, 2.75) is 12.6 Å². The van der Waals surface area contributed by atoms with E-state index in [9.17, 15) is 22.8 Å². The Hall–Kier alpha value is -2.54. The van der Waals surface area contributed by atoms with E-state index in [-0.39, 0.29) is 30.0 Å². The second kappa shape index (κ2) is 7.35. The van der Waals surface area contributed by atoms with Crippen molar-refractivity contribution in [3.8, 4) is 0 Å². The summed E-state index contributed by atoms with van der Waals surface area (Å²) in [5.41, 5.74) is 10.6. The molecular weight excluding hydrogens is 345 g/mol. The molecule has 2 amide bonds. The number of rotatable bonds is 4. The van der Waals surface area contributed by atoms with E-state index in [0.717, 1.165) is 12.1 Å². The van der Waals surface area contributed by atoms with E-state index >= 15 is 0 Å². The molecule has 0 spiro atoms. The van der Waals surface area contributed by atoms with Crippen molar-refractivity contribution in [2.75, 3.05) is 0 Å². The molecule has 0 aliphatic heterocycles. The Morgan fingerprint density at radius 3 is 2.17 bits per heavy atom. The SMILES string of the molecule is Cl.NC(=O)c1ccc(Cc2cccc(C(F)(F)F)c2)c(C(N)=O)c1. The first-order valence-electron chi connectivity index (χ1n) is 6.57. The summed E-state index contributed by atoms with van der Waals surface area (Å²) in [4.78, 5) is 22.6. The smallest absolute Gasteiger partial charge is 0.366 e. The highest BCUT2D eigenvalue weighted by Gasteiger charge is 2.30. The molecular formula is C16H14ClF3N2O2. The van der Waals surface area contributed by atoms with Gasteiger partial charge in [-0.25, -0.2) is 0 Å². The number of carbonyl (C=O) groups excluding carboxylic acids is 2. The number of hydrogen-bond donors (Lipinski definition) is 2. The highest BCUT2D eigenvalue weighted by molar-refractivity contribution is 5.99. The van der Waals surface area contributed by atoms with Gasteiger partial charge in [-0.05, 0) is 35.7 Å². The lowest BCUT2D eigenvalue weighted by molar-refractivity contribution is -0.137. The van der Waals surface area contributed by atoms with Gasteiger partial charge in [0.25, 0.3) is 0 Å². The van der Waals surface area contributed by atoms with Crippen molar-refractivity contribution in [1.82, 2.24) is 0 Å². The monoisotopic (exact) mass is 358 g/mol. The molecule has 0 aromatic heterocycles. The zero-order valence-electron chi connectivity index (χ0n) is 12.3. The molecule has 0 unspecified atom stereocenters. The molecule has 2 aromatic rings. The Balaban J connectivity index is 0.00000288. The maximum Gasteiger partial charge on any atom is 0.416 e. The zero-order chi connectivity index (χ0) is 17.2. The largest absolute Gasteiger partial charge is 0.416 e. The Morgan fingerprint density at radius 2 is 1.62 bits per heavy atom. The summed E-state index contributed by atoms with van der Waals surface area (Å²) in [5.74, 6) is -1.51. The lowest BCUT2D eigenvalue weighted by atomic mass is 9.96. The molecule has 0 bridgehead atoms. The van der Waals surface area contributed by atoms with Crippen molar-refractivity contribution in [3.63, 3.8) is 0 Å². The Morgan fingerprint density at radius 1 is 0.958 bits per heavy atom. The van der Waals surface area contributed by atoms with E-state index in [1.54, 1.807) is 0 Å². The summed E-state index contributed by atoms with van der Waals surface area (Å²) in [7, 11) is 0. The molecule has 128 valence electrons. The lowest BCUT2D eigenvalue weighted by Crippen LogP contribution is -2.17. The van der Waals surface area contributed by atoms with E-state index in [1.807, 2.05) is 0 Å². The first-order valence-corrected chi connectivity index (χ1v) is 6.57. The molecule has 8 heteroatoms. The van der Waals surface area contributed by atoms with Crippen LogP contribution in [-0.4, -0.2) is 11.8 Å². The van der Waals surface area contributed by atoms with Gasteiger partial charge in [0, 0.05) is 11.1 Å². The summed E-state index contributed by atoms with van der Waals surface area (Å²) in [5, 5.41) is 0. The van der Waals surface area contributed by atoms with Gasteiger partial charge >= 0.3 is 6.18 Å². The van der Waals surface area contributed by atoms with Crippen LogP contribution in [0.25, 0.3) is 0 Å². The minimum Gasteiger partial charge on any atom is -0.366 e. The fourth-order valence-electron chi connectivity index (χ4n) is 2.19. The van der Waals surface area contributed by atoms with Crippen LogP contribution >= 0.6 is 12.4 Å². The van der Waals surface area contributed by atoms with Gasteiger partial charge in [-0.2, -0.15) is 13.2 Å². The van der Waals surface area contributed by atoms with Crippen LogP contribution in [0.15, 0.2) is 42.5 Å². The van der Waals surface area contributed by atoms with E-state index in [1.165, 1.54) is 30.3 Å². The molecule has 4 N–H and O–H groups in total. The summed E-state index contributed by atoms with van der Waals surface area (Å²) in [6.07, 6.45) is -4.38. The fourth-order valence-corrected chi connectivity index (χ4v) is 2.19. The van der Waals surface area contributed by atoms with E-state index in [2.05, 4.69) is 0 Å². The first kappa shape index (κ1) is 19.5. The molecule has 0 saturated carbocycles. The standard InChI is InChI=1S/C16H13F3N2O2.ClH/c17-16(18,19)12-3-1-2-9(7-12)6-10-4-5-11(14(20)22)8-13(10)15(21)23;/h1-5,7-8H,6H2,(H2,20,22)(H2,21,23);1H. The molecule has 0 aliphatic carbocycles. The molecule has 0 radical (unpaired) electrons.